The van der Waals surface area contributed by atoms with Crippen LogP contribution in [-0.2, 0) is 17.8 Å². The van der Waals surface area contributed by atoms with E-state index in [-0.39, 0.29) is 12.3 Å². The van der Waals surface area contributed by atoms with E-state index in [1.165, 1.54) is 11.3 Å². The van der Waals surface area contributed by atoms with Crippen molar-refractivity contribution in [3.8, 4) is 11.5 Å². The van der Waals surface area contributed by atoms with Crippen LogP contribution in [0.2, 0.25) is 0 Å². The second-order valence-electron chi connectivity index (χ2n) is 6.26. The largest absolute Gasteiger partial charge is 0.493 e. The number of aliphatic hydroxyl groups is 1. The van der Waals surface area contributed by atoms with Crippen LogP contribution >= 0.6 is 11.3 Å². The highest BCUT2D eigenvalue weighted by molar-refractivity contribution is 7.12. The summed E-state index contributed by atoms with van der Waals surface area (Å²) in [6.45, 7) is 0.429. The number of aliphatic hydroxyl groups excluding tert-OH is 1. The van der Waals surface area contributed by atoms with Gasteiger partial charge in [0.05, 0.1) is 27.2 Å². The van der Waals surface area contributed by atoms with Gasteiger partial charge in [-0.15, -0.1) is 11.3 Å². The third-order valence-electron chi connectivity index (χ3n) is 4.34. The molecule has 1 atom stereocenters. The number of ether oxygens (including phenoxy) is 2. The minimum Gasteiger partial charge on any atom is -0.493 e. The monoisotopic (exact) mass is 397 g/mol. The number of rotatable bonds is 8. The predicted molar refractivity (Wildman–Crippen MR) is 110 cm³/mol. The lowest BCUT2D eigenvalue weighted by atomic mass is 10.1. The van der Waals surface area contributed by atoms with Gasteiger partial charge in [0.25, 0.3) is 0 Å². The van der Waals surface area contributed by atoms with Crippen molar-refractivity contribution in [3.63, 3.8) is 0 Å². The van der Waals surface area contributed by atoms with Gasteiger partial charge in [0, 0.05) is 9.75 Å². The Bertz CT molecular complexity index is 923. The Kier molecular flexibility index (Phi) is 6.68. The van der Waals surface area contributed by atoms with E-state index >= 15 is 0 Å². The smallest absolute Gasteiger partial charge is 0.224 e. The molecule has 0 saturated carbocycles. The molecule has 0 unspecified atom stereocenters. The van der Waals surface area contributed by atoms with Gasteiger partial charge < -0.3 is 19.9 Å². The number of hydrogen-bond donors (Lipinski definition) is 2. The Morgan fingerprint density at radius 3 is 2.50 bits per heavy atom. The average Bonchev–Trinajstić information content (AvgIpc) is 3.21. The fraction of sp³-hybridized carbons (Fsp3) is 0.227. The molecule has 0 aliphatic carbocycles. The summed E-state index contributed by atoms with van der Waals surface area (Å²) in [7, 11) is 3.15. The summed E-state index contributed by atoms with van der Waals surface area (Å²) in [6, 6.07) is 18.8. The molecule has 1 heterocycles. The Hall–Kier alpha value is -2.83. The van der Waals surface area contributed by atoms with E-state index in [4.69, 9.17) is 9.47 Å². The summed E-state index contributed by atoms with van der Waals surface area (Å²) in [4.78, 5) is 14.1. The molecule has 0 aliphatic rings. The molecule has 3 aromatic rings. The summed E-state index contributed by atoms with van der Waals surface area (Å²) < 4.78 is 10.5. The van der Waals surface area contributed by atoms with Crippen LogP contribution in [0.5, 0.6) is 11.5 Å². The first-order valence-electron chi connectivity index (χ1n) is 8.90. The molecule has 1 amide bonds. The lowest BCUT2D eigenvalue weighted by molar-refractivity contribution is -0.120. The summed E-state index contributed by atoms with van der Waals surface area (Å²) in [5.74, 6) is 1.16. The van der Waals surface area contributed by atoms with Crippen LogP contribution in [0.25, 0.3) is 0 Å². The van der Waals surface area contributed by atoms with Gasteiger partial charge in [-0.1, -0.05) is 36.4 Å². The van der Waals surface area contributed by atoms with E-state index in [0.29, 0.717) is 18.0 Å². The fourth-order valence-corrected chi connectivity index (χ4v) is 3.83. The van der Waals surface area contributed by atoms with Crippen LogP contribution in [-0.4, -0.2) is 25.2 Å². The van der Waals surface area contributed by atoms with E-state index in [9.17, 15) is 9.90 Å². The van der Waals surface area contributed by atoms with E-state index in [2.05, 4.69) is 5.32 Å². The Morgan fingerprint density at radius 1 is 1.04 bits per heavy atom. The molecule has 0 saturated heterocycles. The van der Waals surface area contributed by atoms with Gasteiger partial charge in [0.15, 0.2) is 11.5 Å². The standard InChI is InChI=1S/C22H23NO4S/c1-26-18-10-8-15(12-19(18)27-2)13-21(24)23-14-17-9-11-20(28-17)22(25)16-6-4-3-5-7-16/h3-12,22,25H,13-14H2,1-2H3,(H,23,24)/t22-/m1/s1. The zero-order chi connectivity index (χ0) is 19.9. The predicted octanol–water partition coefficient (Wildman–Crippen LogP) is 3.71. The molecule has 0 radical (unpaired) electrons. The van der Waals surface area contributed by atoms with Gasteiger partial charge in [-0.3, -0.25) is 4.79 Å². The molecule has 146 valence electrons. The van der Waals surface area contributed by atoms with Crippen molar-refractivity contribution in [2.24, 2.45) is 0 Å². The fourth-order valence-electron chi connectivity index (χ4n) is 2.86. The molecule has 2 aromatic carbocycles. The van der Waals surface area contributed by atoms with Crippen molar-refractivity contribution >= 4 is 17.2 Å². The van der Waals surface area contributed by atoms with Gasteiger partial charge in [0.1, 0.15) is 6.10 Å². The first-order valence-corrected chi connectivity index (χ1v) is 9.71. The van der Waals surface area contributed by atoms with E-state index in [1.54, 1.807) is 26.4 Å². The first-order chi connectivity index (χ1) is 13.6. The molecule has 0 spiro atoms. The molecule has 2 N–H and O–H groups in total. The SMILES string of the molecule is COc1ccc(CC(=O)NCc2ccc([C@H](O)c3ccccc3)s2)cc1OC. The van der Waals surface area contributed by atoms with Gasteiger partial charge in [0.2, 0.25) is 5.91 Å². The van der Waals surface area contributed by atoms with Crippen LogP contribution < -0.4 is 14.8 Å². The maximum atomic E-state index is 12.3. The molecule has 0 aliphatic heterocycles. The third-order valence-corrected chi connectivity index (χ3v) is 5.48. The number of thiophene rings is 1. The Morgan fingerprint density at radius 2 is 1.79 bits per heavy atom. The molecule has 0 fully saturated rings. The maximum Gasteiger partial charge on any atom is 0.224 e. The second-order valence-corrected chi connectivity index (χ2v) is 7.46. The van der Waals surface area contributed by atoms with Crippen LogP contribution in [0, 0.1) is 0 Å². The molecule has 5 nitrogen and oxygen atoms in total. The lowest BCUT2D eigenvalue weighted by Gasteiger charge is -2.10. The maximum absolute atomic E-state index is 12.3. The van der Waals surface area contributed by atoms with Crippen LogP contribution in [0.1, 0.15) is 27.0 Å². The lowest BCUT2D eigenvalue weighted by Crippen LogP contribution is -2.24. The zero-order valence-electron chi connectivity index (χ0n) is 15.8. The summed E-state index contributed by atoms with van der Waals surface area (Å²) >= 11 is 1.49. The van der Waals surface area contributed by atoms with Gasteiger partial charge in [-0.2, -0.15) is 0 Å². The minimum atomic E-state index is -0.651. The Balaban J connectivity index is 1.56. The molecule has 3 rings (SSSR count). The normalized spacial score (nSPS) is 11.7. The van der Waals surface area contributed by atoms with Crippen molar-refractivity contribution in [1.82, 2.24) is 5.32 Å². The van der Waals surface area contributed by atoms with Gasteiger partial charge >= 0.3 is 0 Å². The summed E-state index contributed by atoms with van der Waals surface area (Å²) in [6.07, 6.45) is -0.395. The van der Waals surface area contributed by atoms with E-state index in [0.717, 1.165) is 20.9 Å². The number of carbonyl (C=O) groups is 1. The highest BCUT2D eigenvalue weighted by atomic mass is 32.1. The topological polar surface area (TPSA) is 67.8 Å². The Labute approximate surface area is 168 Å². The summed E-state index contributed by atoms with van der Waals surface area (Å²) in [5, 5.41) is 13.4. The highest BCUT2D eigenvalue weighted by Gasteiger charge is 2.13. The second kappa shape index (κ2) is 9.39. The van der Waals surface area contributed by atoms with Crippen molar-refractivity contribution in [3.05, 3.63) is 81.5 Å². The van der Waals surface area contributed by atoms with Crippen molar-refractivity contribution < 1.29 is 19.4 Å². The number of benzene rings is 2. The number of nitrogens with one attached hydrogen (secondary N) is 1. The molecular formula is C22H23NO4S. The van der Waals surface area contributed by atoms with Crippen molar-refractivity contribution in [1.29, 1.82) is 0 Å². The molecule has 28 heavy (non-hydrogen) atoms. The first kappa shape index (κ1) is 19.9. The third kappa shape index (κ3) is 4.91. The minimum absolute atomic E-state index is 0.0780. The van der Waals surface area contributed by atoms with Crippen LogP contribution in [0.15, 0.2) is 60.7 Å². The molecule has 0 bridgehead atoms. The highest BCUT2D eigenvalue weighted by Crippen LogP contribution is 2.29. The average molecular weight is 397 g/mol. The quantitative estimate of drug-likeness (QED) is 0.608. The zero-order valence-corrected chi connectivity index (χ0v) is 16.7. The van der Waals surface area contributed by atoms with Crippen LogP contribution in [0.4, 0.5) is 0 Å². The van der Waals surface area contributed by atoms with E-state index in [1.807, 2.05) is 48.5 Å². The van der Waals surface area contributed by atoms with Crippen LogP contribution in [0.3, 0.4) is 0 Å². The number of hydrogen-bond acceptors (Lipinski definition) is 5. The number of amides is 1. The molecular weight excluding hydrogens is 374 g/mol. The summed E-state index contributed by atoms with van der Waals surface area (Å²) in [5.41, 5.74) is 1.70. The number of methoxy groups -OCH3 is 2. The van der Waals surface area contributed by atoms with Crippen molar-refractivity contribution in [2.45, 2.75) is 19.1 Å². The van der Waals surface area contributed by atoms with Gasteiger partial charge in [-0.05, 0) is 35.4 Å². The molecule has 1 aromatic heterocycles. The number of carbonyl (C=O) groups excluding carboxylic acids is 1. The van der Waals surface area contributed by atoms with Crippen molar-refractivity contribution in [2.75, 3.05) is 14.2 Å². The van der Waals surface area contributed by atoms with E-state index < -0.39 is 6.10 Å². The molecule has 6 heteroatoms. The van der Waals surface area contributed by atoms with Gasteiger partial charge in [-0.25, -0.2) is 0 Å².